The molecule has 2 N–H and O–H groups in total. The van der Waals surface area contributed by atoms with Gasteiger partial charge >= 0.3 is 0 Å². The predicted molar refractivity (Wildman–Crippen MR) is 49.2 cm³/mol. The smallest absolute Gasteiger partial charge is 0.125 e. The molecular weight excluding hydrogens is 134 g/mol. The molecular formula is C10H14N+. The molecule has 0 saturated carbocycles. The van der Waals surface area contributed by atoms with E-state index >= 15 is 0 Å². The molecule has 0 spiro atoms. The maximum Gasteiger partial charge on any atom is 0.125 e. The van der Waals surface area contributed by atoms with Crippen molar-refractivity contribution in [3.05, 3.63) is 36.8 Å². The zero-order valence-electron chi connectivity index (χ0n) is 7.09. The Morgan fingerprint density at radius 1 is 1.18 bits per heavy atom. The third-order valence-electron chi connectivity index (χ3n) is 1.69. The minimum absolute atomic E-state index is 0.0201. The van der Waals surface area contributed by atoms with E-state index in [2.05, 4.69) is 20.8 Å². The molecule has 0 unspecified atom stereocenters. The molecule has 0 aliphatic rings. The van der Waals surface area contributed by atoms with E-state index in [-0.39, 0.29) is 5.41 Å². The number of anilines is 1. The van der Waals surface area contributed by atoms with E-state index in [4.69, 9.17) is 5.73 Å². The molecule has 0 saturated heterocycles. The molecule has 0 heterocycles. The lowest BCUT2D eigenvalue weighted by Crippen LogP contribution is -2.11. The molecule has 11 heavy (non-hydrogen) atoms. The van der Waals surface area contributed by atoms with Crippen LogP contribution in [0.25, 0.3) is 0 Å². The average Bonchev–Trinajstić information content (AvgIpc) is 1.86. The summed E-state index contributed by atoms with van der Waals surface area (Å²) in [4.78, 5) is 0. The van der Waals surface area contributed by atoms with Gasteiger partial charge in [0.1, 0.15) is 5.41 Å². The van der Waals surface area contributed by atoms with Crippen molar-refractivity contribution in [3.63, 3.8) is 0 Å². The Kier molecular flexibility index (Phi) is 1.81. The van der Waals surface area contributed by atoms with E-state index in [0.717, 1.165) is 5.69 Å². The van der Waals surface area contributed by atoms with Gasteiger partial charge in [0.25, 0.3) is 0 Å². The third-order valence-corrected chi connectivity index (χ3v) is 1.69. The van der Waals surface area contributed by atoms with E-state index in [0.29, 0.717) is 0 Å². The lowest BCUT2D eigenvalue weighted by Gasteiger charge is -2.11. The first kappa shape index (κ1) is 7.99. The van der Waals surface area contributed by atoms with E-state index in [1.54, 1.807) is 0 Å². The van der Waals surface area contributed by atoms with Gasteiger partial charge in [-0.25, -0.2) is 0 Å². The van der Waals surface area contributed by atoms with Crippen LogP contribution in [0.3, 0.4) is 0 Å². The standard InChI is InChI=1S/C10H14N/c1-10(2,3)8-4-6-9(11)7-5-8/h4-7H,1,11H2,2-3H3/q+1. The van der Waals surface area contributed by atoms with Crippen LogP contribution in [0.2, 0.25) is 0 Å². The lowest BCUT2D eigenvalue weighted by atomic mass is 9.87. The molecule has 1 aromatic carbocycles. The Balaban J connectivity index is 2.99. The maximum atomic E-state index is 5.55. The second-order valence-corrected chi connectivity index (χ2v) is 3.51. The van der Waals surface area contributed by atoms with Crippen molar-refractivity contribution >= 4 is 5.69 Å². The zero-order valence-corrected chi connectivity index (χ0v) is 7.09. The van der Waals surface area contributed by atoms with Gasteiger partial charge in [0, 0.05) is 11.3 Å². The summed E-state index contributed by atoms with van der Waals surface area (Å²) in [6.07, 6.45) is 0. The Morgan fingerprint density at radius 3 is 2.00 bits per heavy atom. The Labute approximate surface area is 68.2 Å². The monoisotopic (exact) mass is 148 g/mol. The molecule has 0 fully saturated rings. The van der Waals surface area contributed by atoms with Crippen LogP contribution < -0.4 is 5.73 Å². The highest BCUT2D eigenvalue weighted by Crippen LogP contribution is 2.21. The normalized spacial score (nSPS) is 11.5. The van der Waals surface area contributed by atoms with Crippen LogP contribution in [0, 0.1) is 6.92 Å². The molecule has 0 radical (unpaired) electrons. The molecule has 1 aromatic rings. The van der Waals surface area contributed by atoms with Gasteiger partial charge in [0.05, 0.1) is 6.92 Å². The molecule has 0 aromatic heterocycles. The number of benzene rings is 1. The van der Waals surface area contributed by atoms with Crippen molar-refractivity contribution in [1.29, 1.82) is 0 Å². The fourth-order valence-corrected chi connectivity index (χ4v) is 0.934. The molecule has 0 bridgehead atoms. The van der Waals surface area contributed by atoms with E-state index in [9.17, 15) is 0 Å². The second kappa shape index (κ2) is 2.50. The number of nitrogen functional groups attached to an aromatic ring is 1. The summed E-state index contributed by atoms with van der Waals surface area (Å²) in [6.45, 7) is 8.19. The first-order valence-corrected chi connectivity index (χ1v) is 3.71. The predicted octanol–water partition coefficient (Wildman–Crippen LogP) is 2.38. The zero-order chi connectivity index (χ0) is 8.48. The highest BCUT2D eigenvalue weighted by atomic mass is 14.5. The van der Waals surface area contributed by atoms with Gasteiger partial charge in [-0.3, -0.25) is 0 Å². The molecule has 1 heteroatoms. The fraction of sp³-hybridized carbons (Fsp3) is 0.300. The van der Waals surface area contributed by atoms with Crippen molar-refractivity contribution < 1.29 is 0 Å². The maximum absolute atomic E-state index is 5.55. The minimum atomic E-state index is -0.0201. The van der Waals surface area contributed by atoms with Crippen LogP contribution in [-0.4, -0.2) is 0 Å². The first-order chi connectivity index (χ1) is 5.00. The molecule has 1 nitrogen and oxygen atoms in total. The van der Waals surface area contributed by atoms with Crippen LogP contribution in [0.1, 0.15) is 19.4 Å². The number of hydrogen-bond donors (Lipinski definition) is 1. The van der Waals surface area contributed by atoms with Crippen LogP contribution in [-0.2, 0) is 5.41 Å². The van der Waals surface area contributed by atoms with Gasteiger partial charge in [-0.15, -0.1) is 0 Å². The van der Waals surface area contributed by atoms with Crippen LogP contribution in [0.15, 0.2) is 24.3 Å². The van der Waals surface area contributed by atoms with Gasteiger partial charge in [-0.05, 0) is 26.0 Å². The Morgan fingerprint density at radius 2 is 1.64 bits per heavy atom. The Hall–Kier alpha value is -1.11. The van der Waals surface area contributed by atoms with E-state index < -0.39 is 0 Å². The fourth-order valence-electron chi connectivity index (χ4n) is 0.934. The van der Waals surface area contributed by atoms with Crippen molar-refractivity contribution in [2.75, 3.05) is 5.73 Å². The molecule has 0 atom stereocenters. The van der Waals surface area contributed by atoms with Crippen molar-refractivity contribution in [3.8, 4) is 0 Å². The van der Waals surface area contributed by atoms with Gasteiger partial charge in [0.15, 0.2) is 0 Å². The van der Waals surface area contributed by atoms with Gasteiger partial charge in [0.2, 0.25) is 0 Å². The summed E-state index contributed by atoms with van der Waals surface area (Å²) < 4.78 is 0. The van der Waals surface area contributed by atoms with E-state index in [1.807, 2.05) is 24.3 Å². The quantitative estimate of drug-likeness (QED) is 0.480. The summed E-state index contributed by atoms with van der Waals surface area (Å²) >= 11 is 0. The highest BCUT2D eigenvalue weighted by Gasteiger charge is 2.20. The van der Waals surface area contributed by atoms with E-state index in [1.165, 1.54) is 5.56 Å². The number of nitrogens with two attached hydrogens (primary N) is 1. The first-order valence-electron chi connectivity index (χ1n) is 3.71. The molecule has 1 rings (SSSR count). The van der Waals surface area contributed by atoms with Crippen LogP contribution >= 0.6 is 0 Å². The SMILES string of the molecule is [CH2+]C(C)(C)c1ccc(N)cc1. The summed E-state index contributed by atoms with van der Waals surface area (Å²) in [5, 5.41) is 0. The topological polar surface area (TPSA) is 26.0 Å². The third kappa shape index (κ3) is 1.90. The Bertz CT molecular complexity index is 228. The summed E-state index contributed by atoms with van der Waals surface area (Å²) in [7, 11) is 0. The summed E-state index contributed by atoms with van der Waals surface area (Å²) in [5.41, 5.74) is 7.55. The molecule has 0 aliphatic heterocycles. The summed E-state index contributed by atoms with van der Waals surface area (Å²) in [6, 6.07) is 7.84. The minimum Gasteiger partial charge on any atom is -0.399 e. The average molecular weight is 148 g/mol. The summed E-state index contributed by atoms with van der Waals surface area (Å²) in [5.74, 6) is 0. The molecule has 0 amide bonds. The lowest BCUT2D eigenvalue weighted by molar-refractivity contribution is 0.665. The largest absolute Gasteiger partial charge is 0.399 e. The van der Waals surface area contributed by atoms with Crippen LogP contribution in [0.4, 0.5) is 5.69 Å². The second-order valence-electron chi connectivity index (χ2n) is 3.51. The number of hydrogen-bond acceptors (Lipinski definition) is 1. The number of rotatable bonds is 1. The van der Waals surface area contributed by atoms with Crippen LogP contribution in [0.5, 0.6) is 0 Å². The molecule has 0 aliphatic carbocycles. The highest BCUT2D eigenvalue weighted by molar-refractivity contribution is 5.41. The van der Waals surface area contributed by atoms with Crippen molar-refractivity contribution in [1.82, 2.24) is 0 Å². The van der Waals surface area contributed by atoms with Crippen molar-refractivity contribution in [2.45, 2.75) is 19.3 Å². The van der Waals surface area contributed by atoms with Gasteiger partial charge in [-0.2, -0.15) is 0 Å². The molecule has 58 valence electrons. The van der Waals surface area contributed by atoms with Gasteiger partial charge < -0.3 is 5.73 Å². The van der Waals surface area contributed by atoms with Crippen molar-refractivity contribution in [2.24, 2.45) is 0 Å². The van der Waals surface area contributed by atoms with Gasteiger partial charge in [-0.1, -0.05) is 12.1 Å².